The van der Waals surface area contributed by atoms with Crippen LogP contribution in [0.3, 0.4) is 0 Å². The van der Waals surface area contributed by atoms with Gasteiger partial charge >= 0.3 is 0 Å². The molecule has 88 valence electrons. The largest absolute Gasteiger partial charge is 0.496 e. The van der Waals surface area contributed by atoms with Gasteiger partial charge in [0.25, 0.3) is 0 Å². The molecule has 1 aromatic rings. The zero-order valence-corrected chi connectivity index (χ0v) is 10.1. The smallest absolute Gasteiger partial charge is 0.121 e. The minimum absolute atomic E-state index is 0.361. The molecule has 0 aliphatic carbocycles. The summed E-state index contributed by atoms with van der Waals surface area (Å²) in [5.41, 5.74) is 8.43. The Morgan fingerprint density at radius 3 is 2.88 bits per heavy atom. The summed E-state index contributed by atoms with van der Waals surface area (Å²) in [6, 6.07) is 6.73. The highest BCUT2D eigenvalue weighted by molar-refractivity contribution is 5.36. The van der Waals surface area contributed by atoms with Crippen molar-refractivity contribution in [2.45, 2.75) is 25.9 Å². The van der Waals surface area contributed by atoms with Gasteiger partial charge in [0, 0.05) is 25.7 Å². The summed E-state index contributed by atoms with van der Waals surface area (Å²) in [6.07, 6.45) is 1.12. The lowest BCUT2D eigenvalue weighted by Gasteiger charge is -2.16. The van der Waals surface area contributed by atoms with Gasteiger partial charge in [0.05, 0.1) is 7.11 Å². The highest BCUT2D eigenvalue weighted by Crippen LogP contribution is 2.20. The second kappa shape index (κ2) is 4.85. The van der Waals surface area contributed by atoms with E-state index in [4.69, 9.17) is 10.5 Å². The van der Waals surface area contributed by atoms with Crippen molar-refractivity contribution in [1.82, 2.24) is 4.90 Å². The molecule has 1 fully saturated rings. The van der Waals surface area contributed by atoms with Crippen molar-refractivity contribution >= 4 is 0 Å². The number of methoxy groups -OCH3 is 1. The number of likely N-dealkylation sites (tertiary alicyclic amines) is 1. The van der Waals surface area contributed by atoms with Crippen molar-refractivity contribution < 1.29 is 4.74 Å². The summed E-state index contributed by atoms with van der Waals surface area (Å²) in [4.78, 5) is 2.41. The highest BCUT2D eigenvalue weighted by atomic mass is 16.5. The number of hydrogen-bond acceptors (Lipinski definition) is 3. The summed E-state index contributed by atoms with van der Waals surface area (Å²) in [5.74, 6) is 0.960. The van der Waals surface area contributed by atoms with Crippen LogP contribution in [0.2, 0.25) is 0 Å². The predicted molar refractivity (Wildman–Crippen MR) is 65.6 cm³/mol. The molecule has 16 heavy (non-hydrogen) atoms. The van der Waals surface area contributed by atoms with Crippen LogP contribution in [-0.4, -0.2) is 31.1 Å². The number of nitrogens with two attached hydrogens (primary N) is 1. The predicted octanol–water partition coefficient (Wildman–Crippen LogP) is 1.54. The number of ether oxygens (including phenoxy) is 1. The van der Waals surface area contributed by atoms with E-state index in [1.54, 1.807) is 7.11 Å². The summed E-state index contributed by atoms with van der Waals surface area (Å²) < 4.78 is 5.25. The average molecular weight is 220 g/mol. The fourth-order valence-corrected chi connectivity index (χ4v) is 2.30. The maximum atomic E-state index is 5.89. The molecular weight excluding hydrogens is 200 g/mol. The minimum atomic E-state index is 0.361. The van der Waals surface area contributed by atoms with E-state index >= 15 is 0 Å². The Labute approximate surface area is 97.2 Å². The van der Waals surface area contributed by atoms with Crippen molar-refractivity contribution in [1.29, 1.82) is 0 Å². The Balaban J connectivity index is 2.02. The number of hydrogen-bond donors (Lipinski definition) is 1. The monoisotopic (exact) mass is 220 g/mol. The molecule has 2 N–H and O–H groups in total. The molecule has 0 radical (unpaired) electrons. The summed E-state index contributed by atoms with van der Waals surface area (Å²) >= 11 is 0. The molecule has 1 aromatic carbocycles. The van der Waals surface area contributed by atoms with Crippen LogP contribution in [0.1, 0.15) is 17.5 Å². The second-order valence-corrected chi connectivity index (χ2v) is 4.59. The normalized spacial score (nSPS) is 21.3. The molecule has 3 heteroatoms. The van der Waals surface area contributed by atoms with E-state index in [2.05, 4.69) is 24.0 Å². The molecule has 3 nitrogen and oxygen atoms in total. The number of benzene rings is 1. The molecule has 0 amide bonds. The highest BCUT2D eigenvalue weighted by Gasteiger charge is 2.18. The fourth-order valence-electron chi connectivity index (χ4n) is 2.30. The zero-order chi connectivity index (χ0) is 11.5. The van der Waals surface area contributed by atoms with Gasteiger partial charge in [-0.2, -0.15) is 0 Å². The lowest BCUT2D eigenvalue weighted by Crippen LogP contribution is -2.26. The molecular formula is C13H20N2O. The first-order chi connectivity index (χ1) is 7.69. The van der Waals surface area contributed by atoms with Crippen LogP contribution in [0, 0.1) is 6.92 Å². The van der Waals surface area contributed by atoms with E-state index in [9.17, 15) is 0 Å². The van der Waals surface area contributed by atoms with Crippen LogP contribution in [0.5, 0.6) is 5.75 Å². The van der Waals surface area contributed by atoms with Crippen molar-refractivity contribution in [3.63, 3.8) is 0 Å². The van der Waals surface area contributed by atoms with Gasteiger partial charge in [-0.25, -0.2) is 0 Å². The molecule has 0 spiro atoms. The van der Waals surface area contributed by atoms with Crippen molar-refractivity contribution in [3.8, 4) is 5.75 Å². The molecule has 1 atom stereocenters. The van der Waals surface area contributed by atoms with E-state index in [1.807, 2.05) is 6.07 Å². The second-order valence-electron chi connectivity index (χ2n) is 4.59. The SMILES string of the molecule is COc1ccc(CN2CC[C@@H](N)C2)cc1C. The fraction of sp³-hybridized carbons (Fsp3) is 0.538. The van der Waals surface area contributed by atoms with E-state index < -0.39 is 0 Å². The molecule has 2 rings (SSSR count). The summed E-state index contributed by atoms with van der Waals surface area (Å²) in [5, 5.41) is 0. The molecule has 1 saturated heterocycles. The maximum Gasteiger partial charge on any atom is 0.121 e. The Morgan fingerprint density at radius 1 is 1.50 bits per heavy atom. The third kappa shape index (κ3) is 2.54. The third-order valence-corrected chi connectivity index (χ3v) is 3.17. The van der Waals surface area contributed by atoms with Crippen LogP contribution < -0.4 is 10.5 Å². The molecule has 1 aliphatic rings. The molecule has 0 bridgehead atoms. The van der Waals surface area contributed by atoms with Gasteiger partial charge < -0.3 is 10.5 Å². The van der Waals surface area contributed by atoms with E-state index in [0.717, 1.165) is 31.8 Å². The summed E-state index contributed by atoms with van der Waals surface area (Å²) in [6.45, 7) is 5.22. The van der Waals surface area contributed by atoms with Gasteiger partial charge in [0.15, 0.2) is 0 Å². The number of nitrogens with zero attached hydrogens (tertiary/aromatic N) is 1. The zero-order valence-electron chi connectivity index (χ0n) is 10.1. The average Bonchev–Trinajstić information content (AvgIpc) is 2.64. The Bertz CT molecular complexity index is 365. The standard InChI is InChI=1S/C13H20N2O/c1-10-7-11(3-4-13(10)16-2)8-15-6-5-12(14)9-15/h3-4,7,12H,5-6,8-9,14H2,1-2H3/t12-/m1/s1. The molecule has 0 aromatic heterocycles. The lowest BCUT2D eigenvalue weighted by molar-refractivity contribution is 0.326. The van der Waals surface area contributed by atoms with Crippen LogP contribution in [0.4, 0.5) is 0 Å². The Kier molecular flexibility index (Phi) is 3.46. The van der Waals surface area contributed by atoms with E-state index in [1.165, 1.54) is 11.1 Å². The molecule has 1 aliphatic heterocycles. The van der Waals surface area contributed by atoms with E-state index in [0.29, 0.717) is 6.04 Å². The van der Waals surface area contributed by atoms with Gasteiger partial charge in [-0.3, -0.25) is 4.90 Å². The van der Waals surface area contributed by atoms with Gasteiger partial charge in [-0.05, 0) is 30.5 Å². The van der Waals surface area contributed by atoms with Crippen LogP contribution in [-0.2, 0) is 6.54 Å². The van der Waals surface area contributed by atoms with Gasteiger partial charge in [0.2, 0.25) is 0 Å². The Hall–Kier alpha value is -1.06. The van der Waals surface area contributed by atoms with Crippen molar-refractivity contribution in [3.05, 3.63) is 29.3 Å². The van der Waals surface area contributed by atoms with Gasteiger partial charge in [-0.15, -0.1) is 0 Å². The third-order valence-electron chi connectivity index (χ3n) is 3.17. The first kappa shape index (κ1) is 11.4. The van der Waals surface area contributed by atoms with Crippen molar-refractivity contribution in [2.24, 2.45) is 5.73 Å². The molecule has 1 heterocycles. The summed E-state index contributed by atoms with van der Waals surface area (Å²) in [7, 11) is 1.71. The molecule has 0 saturated carbocycles. The number of rotatable bonds is 3. The van der Waals surface area contributed by atoms with Gasteiger partial charge in [-0.1, -0.05) is 12.1 Å². The quantitative estimate of drug-likeness (QED) is 0.839. The van der Waals surface area contributed by atoms with Gasteiger partial charge in [0.1, 0.15) is 5.75 Å². The topological polar surface area (TPSA) is 38.5 Å². The van der Waals surface area contributed by atoms with Crippen LogP contribution in [0.25, 0.3) is 0 Å². The minimum Gasteiger partial charge on any atom is -0.496 e. The van der Waals surface area contributed by atoms with Crippen LogP contribution >= 0.6 is 0 Å². The first-order valence-corrected chi connectivity index (χ1v) is 5.80. The Morgan fingerprint density at radius 2 is 2.31 bits per heavy atom. The van der Waals surface area contributed by atoms with Crippen LogP contribution in [0.15, 0.2) is 18.2 Å². The van der Waals surface area contributed by atoms with Crippen molar-refractivity contribution in [2.75, 3.05) is 20.2 Å². The lowest BCUT2D eigenvalue weighted by atomic mass is 10.1. The maximum absolute atomic E-state index is 5.89. The van der Waals surface area contributed by atoms with E-state index in [-0.39, 0.29) is 0 Å². The molecule has 0 unspecified atom stereocenters. The number of aryl methyl sites for hydroxylation is 1. The first-order valence-electron chi connectivity index (χ1n) is 5.80.